The Hall–Kier alpha value is -1.31. The molecular weight excluding hydrogens is 327 g/mol. The Morgan fingerprint density at radius 2 is 2.16 bits per heavy atom. The zero-order valence-corrected chi connectivity index (χ0v) is 11.7. The monoisotopic (exact) mass is 339 g/mol. The fraction of sp³-hybridized carbons (Fsp3) is 0.455. The maximum absolute atomic E-state index is 11.9. The largest absolute Gasteiger partial charge is 0.389 e. The number of alkyl halides is 3. The van der Waals surface area contributed by atoms with E-state index in [-0.39, 0.29) is 18.5 Å². The fourth-order valence-electron chi connectivity index (χ4n) is 1.40. The lowest BCUT2D eigenvalue weighted by molar-refractivity contribution is -0.135. The van der Waals surface area contributed by atoms with Crippen LogP contribution in [-0.4, -0.2) is 30.7 Å². The van der Waals surface area contributed by atoms with Gasteiger partial charge < -0.3 is 10.6 Å². The molecule has 0 aliphatic rings. The molecule has 1 aromatic rings. The predicted molar refractivity (Wildman–Crippen MR) is 69.1 cm³/mol. The van der Waals surface area contributed by atoms with Gasteiger partial charge in [-0.2, -0.15) is 13.2 Å². The third kappa shape index (κ3) is 5.46. The highest BCUT2D eigenvalue weighted by molar-refractivity contribution is 9.10. The number of hydrogen-bond donors (Lipinski definition) is 2. The van der Waals surface area contributed by atoms with Crippen molar-refractivity contribution in [3.05, 3.63) is 22.3 Å². The molecule has 2 N–H and O–H groups in total. The topological polar surface area (TPSA) is 54.0 Å². The van der Waals surface area contributed by atoms with Crippen LogP contribution in [0.4, 0.5) is 19.0 Å². The zero-order valence-electron chi connectivity index (χ0n) is 10.1. The van der Waals surface area contributed by atoms with E-state index in [2.05, 4.69) is 31.5 Å². The zero-order chi connectivity index (χ0) is 14.5. The molecule has 0 aromatic carbocycles. The van der Waals surface area contributed by atoms with Gasteiger partial charge in [-0.3, -0.25) is 4.79 Å². The molecule has 0 spiro atoms. The number of aromatic nitrogens is 1. The van der Waals surface area contributed by atoms with Gasteiger partial charge in [-0.05, 0) is 28.4 Å². The van der Waals surface area contributed by atoms with E-state index in [0.29, 0.717) is 10.3 Å². The normalized spacial score (nSPS) is 11.2. The molecule has 0 bridgehead atoms. The van der Waals surface area contributed by atoms with E-state index in [1.54, 1.807) is 13.1 Å². The average Bonchev–Trinajstić information content (AvgIpc) is 2.33. The lowest BCUT2D eigenvalue weighted by Gasteiger charge is -2.10. The summed E-state index contributed by atoms with van der Waals surface area (Å²) in [4.78, 5) is 15.8. The molecular formula is C11H13BrF3N3O. The van der Waals surface area contributed by atoms with E-state index in [9.17, 15) is 18.0 Å². The van der Waals surface area contributed by atoms with E-state index in [0.717, 1.165) is 0 Å². The van der Waals surface area contributed by atoms with Crippen LogP contribution in [0.5, 0.6) is 0 Å². The maximum atomic E-state index is 11.9. The molecule has 1 amide bonds. The molecule has 0 unspecified atom stereocenters. The molecule has 0 saturated carbocycles. The van der Waals surface area contributed by atoms with Crippen molar-refractivity contribution in [2.24, 2.45) is 0 Å². The number of nitrogens with one attached hydrogen (secondary N) is 2. The maximum Gasteiger partial charge on any atom is 0.389 e. The van der Waals surface area contributed by atoms with Crippen LogP contribution in [-0.2, 0) is 0 Å². The van der Waals surface area contributed by atoms with E-state index >= 15 is 0 Å². The average molecular weight is 340 g/mol. The number of nitrogens with zero attached hydrogens (tertiary/aromatic N) is 1. The molecule has 106 valence electrons. The summed E-state index contributed by atoms with van der Waals surface area (Å²) in [6.45, 7) is -0.0337. The van der Waals surface area contributed by atoms with Crippen LogP contribution in [0.3, 0.4) is 0 Å². The second-order valence-corrected chi connectivity index (χ2v) is 4.69. The van der Waals surface area contributed by atoms with Crippen molar-refractivity contribution >= 4 is 27.7 Å². The molecule has 1 heterocycles. The number of anilines is 1. The summed E-state index contributed by atoms with van der Waals surface area (Å²) in [6, 6.07) is 1.55. The lowest BCUT2D eigenvalue weighted by atomic mass is 10.2. The smallest absolute Gasteiger partial charge is 0.372 e. The molecule has 0 aliphatic carbocycles. The molecule has 0 fully saturated rings. The first-order valence-corrected chi connectivity index (χ1v) is 6.31. The van der Waals surface area contributed by atoms with Gasteiger partial charge in [0.25, 0.3) is 5.91 Å². The quantitative estimate of drug-likeness (QED) is 0.811. The summed E-state index contributed by atoms with van der Waals surface area (Å²) in [5.74, 6) is -0.0863. The Morgan fingerprint density at radius 3 is 2.74 bits per heavy atom. The Kier molecular flexibility index (Phi) is 5.59. The van der Waals surface area contributed by atoms with Crippen molar-refractivity contribution in [1.82, 2.24) is 10.3 Å². The third-order valence-electron chi connectivity index (χ3n) is 2.26. The summed E-state index contributed by atoms with van der Waals surface area (Å²) < 4.78 is 36.4. The summed E-state index contributed by atoms with van der Waals surface area (Å²) in [5.41, 5.74) is 0.281. The van der Waals surface area contributed by atoms with Crippen LogP contribution >= 0.6 is 15.9 Å². The van der Waals surface area contributed by atoms with Crippen molar-refractivity contribution in [3.63, 3.8) is 0 Å². The minimum Gasteiger partial charge on any atom is -0.372 e. The van der Waals surface area contributed by atoms with Gasteiger partial charge in [0.2, 0.25) is 0 Å². The summed E-state index contributed by atoms with van der Waals surface area (Å²) in [6.07, 6.45) is -3.74. The molecule has 0 saturated heterocycles. The van der Waals surface area contributed by atoms with Crippen molar-refractivity contribution in [2.75, 3.05) is 18.9 Å². The fourth-order valence-corrected chi connectivity index (χ4v) is 1.73. The number of halogens is 4. The first-order valence-electron chi connectivity index (χ1n) is 5.51. The highest BCUT2D eigenvalue weighted by Gasteiger charge is 2.26. The first kappa shape index (κ1) is 15.7. The molecule has 19 heavy (non-hydrogen) atoms. The van der Waals surface area contributed by atoms with E-state index in [4.69, 9.17) is 0 Å². The highest BCUT2D eigenvalue weighted by Crippen LogP contribution is 2.21. The Balaban J connectivity index is 2.56. The number of carbonyl (C=O) groups excluding carboxylic acids is 1. The lowest BCUT2D eigenvalue weighted by Crippen LogP contribution is -2.26. The summed E-state index contributed by atoms with van der Waals surface area (Å²) in [5, 5.41) is 5.18. The second-order valence-electron chi connectivity index (χ2n) is 3.77. The summed E-state index contributed by atoms with van der Waals surface area (Å²) in [7, 11) is 1.61. The van der Waals surface area contributed by atoms with Gasteiger partial charge in [-0.25, -0.2) is 4.98 Å². The molecule has 0 radical (unpaired) electrons. The van der Waals surface area contributed by atoms with Crippen LogP contribution < -0.4 is 10.6 Å². The van der Waals surface area contributed by atoms with Gasteiger partial charge in [0.1, 0.15) is 5.82 Å². The van der Waals surface area contributed by atoms with Gasteiger partial charge in [0.15, 0.2) is 0 Å². The van der Waals surface area contributed by atoms with Crippen LogP contribution in [0.25, 0.3) is 0 Å². The van der Waals surface area contributed by atoms with Crippen LogP contribution in [0.15, 0.2) is 16.7 Å². The van der Waals surface area contributed by atoms with E-state index in [1.165, 1.54) is 6.20 Å². The van der Waals surface area contributed by atoms with Gasteiger partial charge in [0, 0.05) is 30.7 Å². The van der Waals surface area contributed by atoms with Gasteiger partial charge in [-0.15, -0.1) is 0 Å². The Morgan fingerprint density at radius 1 is 1.47 bits per heavy atom. The number of amides is 1. The molecule has 8 heteroatoms. The highest BCUT2D eigenvalue weighted by atomic mass is 79.9. The van der Waals surface area contributed by atoms with Crippen molar-refractivity contribution in [2.45, 2.75) is 19.0 Å². The minimum atomic E-state index is -4.20. The molecule has 0 atom stereocenters. The molecule has 0 aliphatic heterocycles. The number of pyridine rings is 1. The standard InChI is InChI=1S/C11H13BrF3N3O/c1-16-9-8(5-7(12)6-18-9)10(19)17-4-2-3-11(13,14)15/h5-6H,2-4H2,1H3,(H,16,18)(H,17,19). The molecule has 1 aromatic heterocycles. The van der Waals surface area contributed by atoms with Gasteiger partial charge in [-0.1, -0.05) is 0 Å². The van der Waals surface area contributed by atoms with Crippen molar-refractivity contribution in [1.29, 1.82) is 0 Å². The van der Waals surface area contributed by atoms with Crippen molar-refractivity contribution < 1.29 is 18.0 Å². The van der Waals surface area contributed by atoms with Crippen LogP contribution in [0, 0.1) is 0 Å². The van der Waals surface area contributed by atoms with Crippen LogP contribution in [0.1, 0.15) is 23.2 Å². The van der Waals surface area contributed by atoms with E-state index in [1.807, 2.05) is 0 Å². The second kappa shape index (κ2) is 6.74. The number of hydrogen-bond acceptors (Lipinski definition) is 3. The predicted octanol–water partition coefficient (Wildman–Crippen LogP) is 2.96. The Bertz CT molecular complexity index is 451. The number of carbonyl (C=O) groups is 1. The SMILES string of the molecule is CNc1ncc(Br)cc1C(=O)NCCCC(F)(F)F. The third-order valence-corrected chi connectivity index (χ3v) is 2.69. The molecule has 4 nitrogen and oxygen atoms in total. The van der Waals surface area contributed by atoms with Crippen molar-refractivity contribution in [3.8, 4) is 0 Å². The van der Waals surface area contributed by atoms with Crippen LogP contribution in [0.2, 0.25) is 0 Å². The first-order chi connectivity index (χ1) is 8.83. The van der Waals surface area contributed by atoms with Gasteiger partial charge in [0.05, 0.1) is 5.56 Å². The Labute approximate surface area is 116 Å². The number of rotatable bonds is 5. The molecule has 1 rings (SSSR count). The van der Waals surface area contributed by atoms with Gasteiger partial charge >= 0.3 is 6.18 Å². The summed E-state index contributed by atoms with van der Waals surface area (Å²) >= 11 is 3.18. The van der Waals surface area contributed by atoms with E-state index < -0.39 is 18.5 Å². The minimum absolute atomic E-state index is 0.0337.